The maximum atomic E-state index is 12.2. The van der Waals surface area contributed by atoms with E-state index >= 15 is 0 Å². The van der Waals surface area contributed by atoms with Gasteiger partial charge in [0.15, 0.2) is 5.78 Å². The first-order valence-corrected chi connectivity index (χ1v) is 29.4. The van der Waals surface area contributed by atoms with Crippen LogP contribution in [0.2, 0.25) is 0 Å². The molecule has 0 aliphatic heterocycles. The van der Waals surface area contributed by atoms with Crippen LogP contribution in [-0.2, 0) is 24.0 Å². The third-order valence-electron chi connectivity index (χ3n) is 26.4. The molecule has 0 unspecified atom stereocenters. The Morgan fingerprint density at radius 1 is 0.500 bits per heavy atom. The molecule has 0 aromatic rings. The van der Waals surface area contributed by atoms with E-state index in [9.17, 15) is 29.1 Å². The van der Waals surface area contributed by atoms with Gasteiger partial charge in [-0.05, 0) is 272 Å². The number of rotatable bonds is 3. The Morgan fingerprint density at radius 3 is 1.36 bits per heavy atom. The van der Waals surface area contributed by atoms with E-state index in [2.05, 4.69) is 41.5 Å². The summed E-state index contributed by atoms with van der Waals surface area (Å²) >= 11 is 0. The van der Waals surface area contributed by atoms with Crippen molar-refractivity contribution >= 4 is 37.2 Å². The molecule has 0 bridgehead atoms. The second kappa shape index (κ2) is 25.3. The van der Waals surface area contributed by atoms with Crippen molar-refractivity contribution in [2.75, 3.05) is 0 Å². The van der Waals surface area contributed by atoms with Gasteiger partial charge in [-0.3, -0.25) is 24.0 Å². The van der Waals surface area contributed by atoms with Crippen molar-refractivity contribution in [3.8, 4) is 0 Å². The molecule has 0 heterocycles. The van der Waals surface area contributed by atoms with Crippen LogP contribution in [-0.4, -0.2) is 53.7 Å². The number of Topliss-reactive ketones (excluding diaryl/α,β-unsaturated/α-hetero) is 4. The number of fused-ring (bicyclic) bond motifs is 15. The average Bonchev–Trinajstić information content (AvgIpc) is 4.00. The van der Waals surface area contributed by atoms with E-state index in [0.29, 0.717) is 82.2 Å². The van der Waals surface area contributed by atoms with Crippen LogP contribution in [0.15, 0.2) is 11.6 Å². The Kier molecular flexibility index (Phi) is 20.4. The van der Waals surface area contributed by atoms with E-state index in [-0.39, 0.29) is 88.4 Å². The maximum absolute atomic E-state index is 12.2. The van der Waals surface area contributed by atoms with Crippen LogP contribution >= 0.6 is 0 Å². The first-order chi connectivity index (χ1) is 34.9. The monoisotopic (exact) mass is 1070 g/mol. The molecule has 12 rings (SSSR count). The molecule has 76 heavy (non-hydrogen) atoms. The Balaban J connectivity index is 0.000000295. The maximum Gasteiger partial charge on any atom is 1.00 e. The van der Waals surface area contributed by atoms with Crippen molar-refractivity contribution in [3.05, 3.63) is 11.6 Å². The minimum absolute atomic E-state index is 0. The number of ketones is 5. The molecular weight excluding hydrogens is 947 g/mol. The average molecular weight is 1070 g/mol. The van der Waals surface area contributed by atoms with E-state index in [4.69, 9.17) is 6.71 Å². The van der Waals surface area contributed by atoms with Crippen LogP contribution in [0.5, 0.6) is 0 Å². The Labute approximate surface area is 499 Å². The summed E-state index contributed by atoms with van der Waals surface area (Å²) in [6.45, 7) is 20.1. The first kappa shape index (κ1) is 61.2. The van der Waals surface area contributed by atoms with Crippen LogP contribution < -0.4 is 29.6 Å². The molecule has 432 valence electrons. The molecule has 0 radical (unpaired) electrons. The molecule has 8 heteroatoms. The molecule has 0 saturated heterocycles. The summed E-state index contributed by atoms with van der Waals surface area (Å²) in [6.07, 6.45) is 29.6. The largest absolute Gasteiger partial charge is 1.00 e. The molecule has 0 amide bonds. The second-order valence-corrected chi connectivity index (χ2v) is 28.7. The van der Waals surface area contributed by atoms with Gasteiger partial charge in [-0.1, -0.05) is 92.5 Å². The Morgan fingerprint density at radius 2 is 0.895 bits per heavy atom. The fourth-order valence-corrected chi connectivity index (χ4v) is 22.7. The van der Waals surface area contributed by atoms with Gasteiger partial charge in [-0.2, -0.15) is 0 Å². The summed E-state index contributed by atoms with van der Waals surface area (Å²) < 4.78 is 32.1. The zero-order chi connectivity index (χ0) is 54.6. The van der Waals surface area contributed by atoms with Crippen molar-refractivity contribution in [3.63, 3.8) is 0 Å². The predicted octanol–water partition coefficient (Wildman–Crippen LogP) is 12.9. The van der Waals surface area contributed by atoms with E-state index < -0.39 is 14.3 Å². The van der Waals surface area contributed by atoms with Gasteiger partial charge in [0.05, 0.1) is 7.45 Å². The molecule has 11 saturated carbocycles. The third kappa shape index (κ3) is 11.1. The number of carbonyl (C=O) groups excluding carboxylic acids is 5. The van der Waals surface area contributed by atoms with Gasteiger partial charge in [0.2, 0.25) is 0 Å². The zero-order valence-electron chi connectivity index (χ0n) is 51.6. The van der Waals surface area contributed by atoms with E-state index in [0.717, 1.165) is 117 Å². The predicted molar refractivity (Wildman–Crippen MR) is 319 cm³/mol. The fourth-order valence-electron chi connectivity index (χ4n) is 22.7. The normalized spacial score (nSPS) is 49.6. The number of allylic oxidation sites excluding steroid dienone is 1. The van der Waals surface area contributed by atoms with Crippen molar-refractivity contribution in [2.45, 2.75) is 272 Å². The van der Waals surface area contributed by atoms with Crippen LogP contribution in [0.1, 0.15) is 268 Å². The number of carbonyl (C=O) groups is 5. The summed E-state index contributed by atoms with van der Waals surface area (Å²) in [6, 6.07) is 0. The SMILES string of the molecule is C.C.C.C.C.CC(=O)[C@H]1CC[C@H]2[C@@H]3CCC4=CC(=O)CC[C@]4(C)[C@H]3CC[C@]12C.CC(=O)[C@H]1CC[C@H]2[C@@H]3CC[C@@H]4CC(=O)CC[C@]4(C)[C@H]3CC[C@]12C.[2H][B-]([2H])([2H])[2H].[2H][C@@]1(O)CC[C@@]2(C)[C@H](CC[C@@H]3[C@@H]2CC[C@]2(C)[C@@H](C(C)=O)CC[C@@H]32)C1.[Na+]. The number of hydrogen-bond acceptors (Lipinski definition) is 6. The van der Waals surface area contributed by atoms with Gasteiger partial charge in [0.1, 0.15) is 23.1 Å². The zero-order valence-corrected chi connectivity index (χ0v) is 48.6. The summed E-state index contributed by atoms with van der Waals surface area (Å²) in [5, 5.41) is 10.2. The fraction of sp³-hybridized carbons (Fsp3) is 0.897. The number of aliphatic hydroxyl groups is 1. The summed E-state index contributed by atoms with van der Waals surface area (Å²) in [5.41, 5.74) is 3.15. The molecule has 6 nitrogen and oxygen atoms in total. The molecule has 12 aliphatic carbocycles. The van der Waals surface area contributed by atoms with Crippen molar-refractivity contribution in [2.24, 2.45) is 115 Å². The van der Waals surface area contributed by atoms with Gasteiger partial charge in [-0.25, -0.2) is 5.34 Å². The van der Waals surface area contributed by atoms with Crippen molar-refractivity contribution in [1.29, 1.82) is 5.34 Å². The van der Waals surface area contributed by atoms with E-state index in [1.807, 2.05) is 13.0 Å². The molecule has 0 aromatic heterocycles. The smallest absolute Gasteiger partial charge is 0.393 e. The van der Waals surface area contributed by atoms with Gasteiger partial charge in [0.25, 0.3) is 0 Å². The standard InChI is InChI=1S/C21H34O2.C21H32O2.C21H30O2.5CH4.BH4.Na/c3*1-13(22)17-6-7-18-16-5-4-14-12-15(23)8-10-20(14,2)19(16)9-11-21(17,18)3;;;;;;;/h14-19,23H,4-12H2,1-3H3;14,16-19H,4-12H2,1-3H3;12,16-19H,4-11H2,1-3H3;6*1H4;/q;;;;;;;;-1;+1/t14-,15-,16+,17-,18+,19+,20+,21-;14-,16+,17-,18+,19+,20+,21-;16-,17+,18-,19-,20-,21+;;;;;;;/m110......./s1/i15D;;;;;;;;1D4;. The molecule has 0 aromatic carbocycles. The van der Waals surface area contributed by atoms with E-state index in [1.54, 1.807) is 13.8 Å². The van der Waals surface area contributed by atoms with Gasteiger partial charge >= 0.3 is 29.6 Å². The third-order valence-corrected chi connectivity index (χ3v) is 26.4. The van der Waals surface area contributed by atoms with Gasteiger partial charge < -0.3 is 5.11 Å². The van der Waals surface area contributed by atoms with Crippen LogP contribution in [0, 0.1) is 115 Å². The first-order valence-electron chi connectivity index (χ1n) is 32.2. The summed E-state index contributed by atoms with van der Waals surface area (Å²) in [7, 11) is -3.00. The molecule has 0 spiro atoms. The van der Waals surface area contributed by atoms with Crippen LogP contribution in [0.25, 0.3) is 0 Å². The molecule has 11 fully saturated rings. The van der Waals surface area contributed by atoms with Crippen LogP contribution in [0.3, 0.4) is 0 Å². The molecule has 1 N–H and O–H groups in total. The number of hydrogen-bond donors (Lipinski definition) is 1. The Bertz CT molecular complexity index is 2270. The van der Waals surface area contributed by atoms with Gasteiger partial charge in [-0.15, -0.1) is 0 Å². The van der Waals surface area contributed by atoms with E-state index in [1.165, 1.54) is 95.5 Å². The summed E-state index contributed by atoms with van der Waals surface area (Å²) in [4.78, 5) is 60.3. The quantitative estimate of drug-likeness (QED) is 0.282. The second-order valence-electron chi connectivity index (χ2n) is 28.7. The van der Waals surface area contributed by atoms with Gasteiger partial charge in [0, 0.05) is 37.0 Å². The van der Waals surface area contributed by atoms with Crippen molar-refractivity contribution in [1.82, 2.24) is 0 Å². The molecule has 21 atom stereocenters. The minimum atomic E-state index is -3.00. The topological polar surface area (TPSA) is 106 Å². The van der Waals surface area contributed by atoms with Crippen LogP contribution in [0.4, 0.5) is 0 Å². The minimum Gasteiger partial charge on any atom is -0.393 e. The molecule has 12 aliphatic rings. The summed E-state index contributed by atoms with van der Waals surface area (Å²) in [5.74, 6) is 11.0. The Hall–Kier alpha value is -0.885. The molecular formula is C68H120BNaO6. The van der Waals surface area contributed by atoms with Crippen molar-refractivity contribution < 1.29 is 60.0 Å².